The van der Waals surface area contributed by atoms with Gasteiger partial charge in [0, 0.05) is 24.2 Å². The van der Waals surface area contributed by atoms with Crippen molar-refractivity contribution in [3.05, 3.63) is 58.6 Å². The lowest BCUT2D eigenvalue weighted by Gasteiger charge is -2.47. The van der Waals surface area contributed by atoms with E-state index in [0.29, 0.717) is 36.0 Å². The third kappa shape index (κ3) is 5.69. The minimum Gasteiger partial charge on any atom is -0.493 e. The Morgan fingerprint density at radius 2 is 1.97 bits per heavy atom. The molecule has 1 fully saturated rings. The summed E-state index contributed by atoms with van der Waals surface area (Å²) in [6.45, 7) is 5.37. The highest BCUT2D eigenvalue weighted by Gasteiger charge is 2.39. The molecule has 0 unspecified atom stereocenters. The standard InChI is InChI=1S/C24H28ClN3O3/c1-17-14-28(24(2,16-27-17)13-19-4-7-20(25)8-5-19)23(29)15-31-21-9-6-18(10-11-26)12-22(21)30-3/h4-9,12,17,27H,10,13-16H2,1-3H3/t17-,24+/m0/s1. The number of carbonyl (C=O) groups excluding carboxylic acids is 1. The zero-order chi connectivity index (χ0) is 22.4. The Morgan fingerprint density at radius 1 is 1.26 bits per heavy atom. The summed E-state index contributed by atoms with van der Waals surface area (Å²) in [4.78, 5) is 15.1. The molecular formula is C24H28ClN3O3. The second kappa shape index (κ2) is 10.0. The van der Waals surface area contributed by atoms with Gasteiger partial charge in [0.25, 0.3) is 5.91 Å². The van der Waals surface area contributed by atoms with Crippen molar-refractivity contribution in [2.75, 3.05) is 26.8 Å². The molecule has 6 nitrogen and oxygen atoms in total. The van der Waals surface area contributed by atoms with Gasteiger partial charge in [-0.05, 0) is 55.7 Å². The molecule has 1 N–H and O–H groups in total. The van der Waals surface area contributed by atoms with Crippen LogP contribution >= 0.6 is 11.6 Å². The van der Waals surface area contributed by atoms with Gasteiger partial charge in [0.2, 0.25) is 0 Å². The average Bonchev–Trinajstić information content (AvgIpc) is 2.76. The lowest BCUT2D eigenvalue weighted by Crippen LogP contribution is -2.65. The molecule has 2 atom stereocenters. The van der Waals surface area contributed by atoms with Crippen molar-refractivity contribution in [1.29, 1.82) is 5.26 Å². The maximum absolute atomic E-state index is 13.2. The quantitative estimate of drug-likeness (QED) is 0.710. The van der Waals surface area contributed by atoms with Gasteiger partial charge in [-0.2, -0.15) is 5.26 Å². The number of rotatable bonds is 7. The van der Waals surface area contributed by atoms with E-state index in [9.17, 15) is 4.79 Å². The Morgan fingerprint density at radius 3 is 2.65 bits per heavy atom. The molecule has 1 amide bonds. The number of hydrogen-bond acceptors (Lipinski definition) is 5. The number of methoxy groups -OCH3 is 1. The molecule has 0 aliphatic carbocycles. The molecule has 164 valence electrons. The molecule has 0 saturated carbocycles. The molecule has 2 aromatic rings. The second-order valence-corrected chi connectivity index (χ2v) is 8.63. The summed E-state index contributed by atoms with van der Waals surface area (Å²) in [5, 5.41) is 13.1. The number of amides is 1. The van der Waals surface area contributed by atoms with Crippen molar-refractivity contribution in [3.63, 3.8) is 0 Å². The van der Waals surface area contributed by atoms with Crippen LogP contribution in [-0.4, -0.2) is 49.2 Å². The average molecular weight is 442 g/mol. The first-order valence-electron chi connectivity index (χ1n) is 10.3. The van der Waals surface area contributed by atoms with Crippen LogP contribution in [0.4, 0.5) is 0 Å². The molecule has 3 rings (SSSR count). The highest BCUT2D eigenvalue weighted by atomic mass is 35.5. The normalized spacial score (nSPS) is 20.7. The van der Waals surface area contributed by atoms with Gasteiger partial charge in [-0.25, -0.2) is 0 Å². The van der Waals surface area contributed by atoms with E-state index in [4.69, 9.17) is 26.3 Å². The lowest BCUT2D eigenvalue weighted by molar-refractivity contribution is -0.141. The van der Waals surface area contributed by atoms with E-state index in [1.807, 2.05) is 35.2 Å². The van der Waals surface area contributed by atoms with E-state index in [0.717, 1.165) is 11.1 Å². The smallest absolute Gasteiger partial charge is 0.261 e. The van der Waals surface area contributed by atoms with Crippen molar-refractivity contribution < 1.29 is 14.3 Å². The van der Waals surface area contributed by atoms with Crippen molar-refractivity contribution in [1.82, 2.24) is 10.2 Å². The topological polar surface area (TPSA) is 74.6 Å². The van der Waals surface area contributed by atoms with Gasteiger partial charge in [0.05, 0.1) is 25.1 Å². The van der Waals surface area contributed by atoms with Crippen LogP contribution < -0.4 is 14.8 Å². The van der Waals surface area contributed by atoms with Crippen molar-refractivity contribution >= 4 is 17.5 Å². The number of benzene rings is 2. The molecule has 1 heterocycles. The maximum atomic E-state index is 13.2. The minimum atomic E-state index is -0.387. The van der Waals surface area contributed by atoms with Crippen LogP contribution in [-0.2, 0) is 17.6 Å². The summed E-state index contributed by atoms with van der Waals surface area (Å²) in [6, 6.07) is 15.4. The summed E-state index contributed by atoms with van der Waals surface area (Å²) >= 11 is 6.02. The monoisotopic (exact) mass is 441 g/mol. The fraction of sp³-hybridized carbons (Fsp3) is 0.417. The molecule has 31 heavy (non-hydrogen) atoms. The molecule has 0 bridgehead atoms. The van der Waals surface area contributed by atoms with Gasteiger partial charge < -0.3 is 19.7 Å². The van der Waals surface area contributed by atoms with E-state index in [2.05, 4.69) is 25.2 Å². The predicted molar refractivity (Wildman–Crippen MR) is 121 cm³/mol. The Hall–Kier alpha value is -2.75. The molecule has 0 radical (unpaired) electrons. The Kier molecular flexibility index (Phi) is 7.42. The predicted octanol–water partition coefficient (Wildman–Crippen LogP) is 3.62. The Bertz CT molecular complexity index is 958. The van der Waals surface area contributed by atoms with Crippen molar-refractivity contribution in [2.24, 2.45) is 0 Å². The highest BCUT2D eigenvalue weighted by Crippen LogP contribution is 2.29. The van der Waals surface area contributed by atoms with Gasteiger partial charge in [-0.1, -0.05) is 29.8 Å². The van der Waals surface area contributed by atoms with Crippen LogP contribution in [0.25, 0.3) is 0 Å². The first-order valence-corrected chi connectivity index (χ1v) is 10.7. The van der Waals surface area contributed by atoms with Gasteiger partial charge in [-0.3, -0.25) is 4.79 Å². The maximum Gasteiger partial charge on any atom is 0.261 e. The van der Waals surface area contributed by atoms with Crippen molar-refractivity contribution in [3.8, 4) is 17.6 Å². The Balaban J connectivity index is 1.73. The fourth-order valence-electron chi connectivity index (χ4n) is 3.90. The van der Waals surface area contributed by atoms with Crippen LogP contribution in [0.2, 0.25) is 5.02 Å². The summed E-state index contributed by atoms with van der Waals surface area (Å²) in [5.74, 6) is 0.922. The largest absolute Gasteiger partial charge is 0.493 e. The number of nitrogens with zero attached hydrogens (tertiary/aromatic N) is 2. The summed E-state index contributed by atoms with van der Waals surface area (Å²) in [6.07, 6.45) is 0.999. The summed E-state index contributed by atoms with van der Waals surface area (Å²) in [7, 11) is 1.54. The number of piperazine rings is 1. The van der Waals surface area contributed by atoms with Gasteiger partial charge in [0.1, 0.15) is 0 Å². The third-order valence-corrected chi connectivity index (χ3v) is 5.85. The van der Waals surface area contributed by atoms with Crippen LogP contribution in [0.5, 0.6) is 11.5 Å². The van der Waals surface area contributed by atoms with Gasteiger partial charge in [0.15, 0.2) is 18.1 Å². The highest BCUT2D eigenvalue weighted by molar-refractivity contribution is 6.30. The molecular weight excluding hydrogens is 414 g/mol. The molecule has 1 aliphatic rings. The zero-order valence-electron chi connectivity index (χ0n) is 18.2. The van der Waals surface area contributed by atoms with E-state index in [-0.39, 0.29) is 30.5 Å². The number of nitrogens with one attached hydrogen (secondary N) is 1. The number of hydrogen-bond donors (Lipinski definition) is 1. The first kappa shape index (κ1) is 22.9. The van der Waals surface area contributed by atoms with Gasteiger partial charge in [-0.15, -0.1) is 0 Å². The Labute approximate surface area is 188 Å². The van der Waals surface area contributed by atoms with Crippen LogP contribution in [0.15, 0.2) is 42.5 Å². The van der Waals surface area contributed by atoms with Crippen LogP contribution in [0, 0.1) is 11.3 Å². The second-order valence-electron chi connectivity index (χ2n) is 8.20. The SMILES string of the molecule is COc1cc(CC#N)ccc1OCC(=O)N1C[C@H](C)NC[C@@]1(C)Cc1ccc(Cl)cc1. The number of ether oxygens (including phenoxy) is 2. The molecule has 0 spiro atoms. The molecule has 0 aromatic heterocycles. The molecule has 1 saturated heterocycles. The number of halogens is 1. The zero-order valence-corrected chi connectivity index (χ0v) is 18.9. The van der Waals surface area contributed by atoms with E-state index in [1.54, 1.807) is 19.2 Å². The minimum absolute atomic E-state index is 0.0760. The molecule has 7 heteroatoms. The molecule has 2 aromatic carbocycles. The lowest BCUT2D eigenvalue weighted by atomic mass is 9.88. The van der Waals surface area contributed by atoms with Crippen molar-refractivity contribution in [2.45, 2.75) is 38.3 Å². The fourth-order valence-corrected chi connectivity index (χ4v) is 4.03. The summed E-state index contributed by atoms with van der Waals surface area (Å²) < 4.78 is 11.2. The molecule has 1 aliphatic heterocycles. The van der Waals surface area contributed by atoms with Crippen LogP contribution in [0.3, 0.4) is 0 Å². The number of carbonyl (C=O) groups is 1. The third-order valence-electron chi connectivity index (χ3n) is 5.60. The van der Waals surface area contributed by atoms with E-state index in [1.165, 1.54) is 0 Å². The first-order chi connectivity index (χ1) is 14.8. The van der Waals surface area contributed by atoms with E-state index < -0.39 is 0 Å². The van der Waals surface area contributed by atoms with Crippen LogP contribution in [0.1, 0.15) is 25.0 Å². The van der Waals surface area contributed by atoms with E-state index >= 15 is 0 Å². The summed E-state index contributed by atoms with van der Waals surface area (Å²) in [5.41, 5.74) is 1.57. The number of nitriles is 1. The van der Waals surface area contributed by atoms with Gasteiger partial charge >= 0.3 is 0 Å².